The summed E-state index contributed by atoms with van der Waals surface area (Å²) < 4.78 is 18.8. The van der Waals surface area contributed by atoms with Crippen LogP contribution in [0.15, 0.2) is 34.9 Å². The second kappa shape index (κ2) is 4.75. The number of hydrogen-bond acceptors (Lipinski definition) is 2. The largest absolute Gasteiger partial charge is 0.467 e. The van der Waals surface area contributed by atoms with Crippen molar-refractivity contribution >= 4 is 11.6 Å². The van der Waals surface area contributed by atoms with Crippen LogP contribution in [-0.4, -0.2) is 6.04 Å². The number of benzene rings is 1. The van der Waals surface area contributed by atoms with Crippen LogP contribution in [0.5, 0.6) is 0 Å². The topological polar surface area (TPSA) is 25.2 Å². The van der Waals surface area contributed by atoms with Gasteiger partial charge in [-0.1, -0.05) is 11.6 Å². The predicted molar refractivity (Wildman–Crippen MR) is 69.0 cm³/mol. The molecule has 0 radical (unpaired) electrons. The molecule has 4 heteroatoms. The SMILES string of the molecule is Fc1cc(Cl)cc(-c2ccoc2CNC2CC2)c1. The molecule has 3 rings (SSSR count). The fourth-order valence-corrected chi connectivity index (χ4v) is 2.19. The van der Waals surface area contributed by atoms with E-state index in [9.17, 15) is 4.39 Å². The molecule has 2 nitrogen and oxygen atoms in total. The number of halogens is 2. The van der Waals surface area contributed by atoms with E-state index in [1.807, 2.05) is 6.07 Å². The summed E-state index contributed by atoms with van der Waals surface area (Å²) >= 11 is 5.87. The highest BCUT2D eigenvalue weighted by Gasteiger charge is 2.21. The molecular weight excluding hydrogens is 253 g/mol. The molecule has 1 heterocycles. The molecule has 1 aliphatic rings. The fraction of sp³-hybridized carbons (Fsp3) is 0.286. The van der Waals surface area contributed by atoms with E-state index in [0.29, 0.717) is 17.6 Å². The van der Waals surface area contributed by atoms with Gasteiger partial charge in [0.1, 0.15) is 11.6 Å². The monoisotopic (exact) mass is 265 g/mol. The van der Waals surface area contributed by atoms with Crippen molar-refractivity contribution in [2.45, 2.75) is 25.4 Å². The third-order valence-corrected chi connectivity index (χ3v) is 3.27. The van der Waals surface area contributed by atoms with E-state index in [-0.39, 0.29) is 5.82 Å². The van der Waals surface area contributed by atoms with Crippen molar-refractivity contribution < 1.29 is 8.81 Å². The number of rotatable bonds is 4. The standard InChI is InChI=1S/C14H13ClFNO/c15-10-5-9(6-11(16)7-10)13-3-4-18-14(13)8-17-12-1-2-12/h3-7,12,17H,1-2,8H2. The van der Waals surface area contributed by atoms with Gasteiger partial charge in [-0.05, 0) is 42.7 Å². The lowest BCUT2D eigenvalue weighted by atomic mass is 10.1. The third kappa shape index (κ3) is 2.57. The Bertz CT molecular complexity index is 542. The zero-order valence-electron chi connectivity index (χ0n) is 9.75. The molecule has 2 aromatic rings. The lowest BCUT2D eigenvalue weighted by Gasteiger charge is -2.05. The summed E-state index contributed by atoms with van der Waals surface area (Å²) in [4.78, 5) is 0. The second-order valence-electron chi connectivity index (χ2n) is 4.57. The van der Waals surface area contributed by atoms with E-state index < -0.39 is 0 Å². The van der Waals surface area contributed by atoms with Gasteiger partial charge >= 0.3 is 0 Å². The number of hydrogen-bond donors (Lipinski definition) is 1. The normalized spacial score (nSPS) is 15.0. The molecule has 0 aliphatic heterocycles. The Labute approximate surface area is 110 Å². The Morgan fingerprint density at radius 2 is 2.17 bits per heavy atom. The lowest BCUT2D eigenvalue weighted by Crippen LogP contribution is -2.15. The third-order valence-electron chi connectivity index (χ3n) is 3.05. The Morgan fingerprint density at radius 3 is 2.89 bits per heavy atom. The highest BCUT2D eigenvalue weighted by atomic mass is 35.5. The summed E-state index contributed by atoms with van der Waals surface area (Å²) in [7, 11) is 0. The molecule has 1 N–H and O–H groups in total. The summed E-state index contributed by atoms with van der Waals surface area (Å²) in [6.45, 7) is 0.668. The van der Waals surface area contributed by atoms with Gasteiger partial charge in [-0.2, -0.15) is 0 Å². The zero-order valence-corrected chi connectivity index (χ0v) is 10.5. The molecule has 1 aromatic carbocycles. The van der Waals surface area contributed by atoms with Crippen LogP contribution < -0.4 is 5.32 Å². The van der Waals surface area contributed by atoms with Gasteiger partial charge in [0.15, 0.2) is 0 Å². The highest BCUT2D eigenvalue weighted by molar-refractivity contribution is 6.30. The van der Waals surface area contributed by atoms with Crippen LogP contribution in [0.3, 0.4) is 0 Å². The van der Waals surface area contributed by atoms with Crippen LogP contribution in [0.1, 0.15) is 18.6 Å². The zero-order chi connectivity index (χ0) is 12.5. The maximum Gasteiger partial charge on any atom is 0.125 e. The molecule has 1 saturated carbocycles. The average Bonchev–Trinajstić information content (AvgIpc) is 3.02. The molecule has 0 unspecified atom stereocenters. The van der Waals surface area contributed by atoms with Gasteiger partial charge < -0.3 is 9.73 Å². The molecule has 94 valence electrons. The van der Waals surface area contributed by atoms with Gasteiger partial charge in [-0.25, -0.2) is 4.39 Å². The minimum atomic E-state index is -0.334. The lowest BCUT2D eigenvalue weighted by molar-refractivity contribution is 0.483. The number of nitrogens with one attached hydrogen (secondary N) is 1. The Hall–Kier alpha value is -1.32. The Kier molecular flexibility index (Phi) is 3.10. The molecule has 1 aliphatic carbocycles. The second-order valence-corrected chi connectivity index (χ2v) is 5.01. The van der Waals surface area contributed by atoms with E-state index in [1.165, 1.54) is 25.0 Å². The van der Waals surface area contributed by atoms with Gasteiger partial charge in [0.2, 0.25) is 0 Å². The first kappa shape index (κ1) is 11.8. The maximum atomic E-state index is 13.3. The van der Waals surface area contributed by atoms with Gasteiger partial charge in [-0.15, -0.1) is 0 Å². The van der Waals surface area contributed by atoms with Crippen molar-refractivity contribution in [2.75, 3.05) is 0 Å². The first-order valence-corrected chi connectivity index (χ1v) is 6.36. The molecule has 0 amide bonds. The first-order valence-electron chi connectivity index (χ1n) is 5.98. The average molecular weight is 266 g/mol. The van der Waals surface area contributed by atoms with Crippen molar-refractivity contribution in [1.82, 2.24) is 5.32 Å². The molecule has 18 heavy (non-hydrogen) atoms. The maximum absolute atomic E-state index is 13.3. The van der Waals surface area contributed by atoms with Crippen molar-refractivity contribution in [3.8, 4) is 11.1 Å². The Balaban J connectivity index is 1.87. The molecule has 1 aromatic heterocycles. The molecule has 0 spiro atoms. The summed E-state index contributed by atoms with van der Waals surface area (Å²) in [5.41, 5.74) is 1.64. The summed E-state index contributed by atoms with van der Waals surface area (Å²) in [5.74, 6) is 0.489. The van der Waals surface area contributed by atoms with Crippen LogP contribution in [0.25, 0.3) is 11.1 Å². The molecule has 0 bridgehead atoms. The summed E-state index contributed by atoms with van der Waals surface area (Å²) in [6.07, 6.45) is 4.07. The van der Waals surface area contributed by atoms with E-state index in [2.05, 4.69) is 5.32 Å². The molecule has 0 atom stereocenters. The van der Waals surface area contributed by atoms with Crippen LogP contribution in [0.4, 0.5) is 4.39 Å². The number of furan rings is 1. The van der Waals surface area contributed by atoms with Crippen molar-refractivity contribution in [1.29, 1.82) is 0 Å². The van der Waals surface area contributed by atoms with Crippen LogP contribution in [0, 0.1) is 5.82 Å². The van der Waals surface area contributed by atoms with Crippen molar-refractivity contribution in [2.24, 2.45) is 0 Å². The quantitative estimate of drug-likeness (QED) is 0.904. The van der Waals surface area contributed by atoms with Crippen LogP contribution in [-0.2, 0) is 6.54 Å². The molecule has 1 fully saturated rings. The van der Waals surface area contributed by atoms with Crippen molar-refractivity contribution in [3.63, 3.8) is 0 Å². The van der Waals surface area contributed by atoms with Crippen LogP contribution >= 0.6 is 11.6 Å². The minimum Gasteiger partial charge on any atom is -0.467 e. The van der Waals surface area contributed by atoms with Crippen molar-refractivity contribution in [3.05, 3.63) is 47.1 Å². The van der Waals surface area contributed by atoms with Gasteiger partial charge in [0.25, 0.3) is 0 Å². The molecular formula is C14H13ClFNO. The Morgan fingerprint density at radius 1 is 1.33 bits per heavy atom. The van der Waals surface area contributed by atoms with E-state index in [4.69, 9.17) is 16.0 Å². The van der Waals surface area contributed by atoms with E-state index in [1.54, 1.807) is 12.3 Å². The summed E-state index contributed by atoms with van der Waals surface area (Å²) in [5, 5.41) is 3.77. The van der Waals surface area contributed by atoms with Gasteiger partial charge in [-0.3, -0.25) is 0 Å². The van der Waals surface area contributed by atoms with Crippen LogP contribution in [0.2, 0.25) is 5.02 Å². The smallest absolute Gasteiger partial charge is 0.125 e. The predicted octanol–water partition coefficient (Wildman–Crippen LogP) is 3.99. The fourth-order valence-electron chi connectivity index (χ4n) is 1.97. The minimum absolute atomic E-state index is 0.334. The first-order chi connectivity index (χ1) is 8.72. The van der Waals surface area contributed by atoms with E-state index >= 15 is 0 Å². The van der Waals surface area contributed by atoms with Gasteiger partial charge in [0.05, 0.1) is 12.8 Å². The summed E-state index contributed by atoms with van der Waals surface area (Å²) in [6, 6.07) is 6.97. The van der Waals surface area contributed by atoms with Gasteiger partial charge in [0, 0.05) is 16.6 Å². The van der Waals surface area contributed by atoms with E-state index in [0.717, 1.165) is 16.9 Å². The highest BCUT2D eigenvalue weighted by Crippen LogP contribution is 2.29. The molecule has 0 saturated heterocycles.